The van der Waals surface area contributed by atoms with Crippen LogP contribution in [0.1, 0.15) is 11.4 Å². The fourth-order valence-electron chi connectivity index (χ4n) is 1.89. The Morgan fingerprint density at radius 3 is 2.78 bits per heavy atom. The van der Waals surface area contributed by atoms with Crippen molar-refractivity contribution in [3.05, 3.63) is 42.0 Å². The molecule has 0 unspecified atom stereocenters. The van der Waals surface area contributed by atoms with Gasteiger partial charge in [0.2, 0.25) is 0 Å². The van der Waals surface area contributed by atoms with Crippen LogP contribution < -0.4 is 5.32 Å². The van der Waals surface area contributed by atoms with Gasteiger partial charge in [-0.3, -0.25) is 10.1 Å². The molecule has 5 nitrogen and oxygen atoms in total. The van der Waals surface area contributed by atoms with Crippen molar-refractivity contribution in [1.29, 1.82) is 0 Å². The number of nitrogens with zero attached hydrogens (tertiary/aromatic N) is 3. The summed E-state index contributed by atoms with van der Waals surface area (Å²) >= 11 is 0. The van der Waals surface area contributed by atoms with Crippen molar-refractivity contribution in [2.75, 3.05) is 5.32 Å². The maximum Gasteiger partial charge on any atom is 0.141 e. The van der Waals surface area contributed by atoms with Crippen LogP contribution in [0, 0.1) is 13.8 Å². The number of aryl methyl sites for hydroxylation is 2. The van der Waals surface area contributed by atoms with E-state index in [-0.39, 0.29) is 0 Å². The molecule has 90 valence electrons. The minimum Gasteiger partial charge on any atom is -0.338 e. The third kappa shape index (κ3) is 1.79. The lowest BCUT2D eigenvalue weighted by Crippen LogP contribution is -1.95. The van der Waals surface area contributed by atoms with E-state index in [9.17, 15) is 0 Å². The zero-order valence-corrected chi connectivity index (χ0v) is 10.2. The Kier molecular flexibility index (Phi) is 2.44. The lowest BCUT2D eigenvalue weighted by molar-refractivity contribution is 1.07. The summed E-state index contributed by atoms with van der Waals surface area (Å²) < 4.78 is 0. The topological polar surface area (TPSA) is 66.5 Å². The molecule has 0 radical (unpaired) electrons. The van der Waals surface area contributed by atoms with Gasteiger partial charge in [0.05, 0.1) is 28.5 Å². The largest absolute Gasteiger partial charge is 0.338 e. The molecule has 0 saturated carbocycles. The monoisotopic (exact) mass is 239 g/mol. The number of H-pyrrole nitrogens is 1. The summed E-state index contributed by atoms with van der Waals surface area (Å²) in [6.07, 6.45) is 3.55. The Bertz CT molecular complexity index is 684. The second-order valence-electron chi connectivity index (χ2n) is 4.20. The van der Waals surface area contributed by atoms with E-state index in [1.54, 1.807) is 12.4 Å². The van der Waals surface area contributed by atoms with Crippen LogP contribution in [-0.2, 0) is 0 Å². The van der Waals surface area contributed by atoms with E-state index >= 15 is 0 Å². The molecule has 3 heterocycles. The zero-order chi connectivity index (χ0) is 12.5. The van der Waals surface area contributed by atoms with Crippen molar-refractivity contribution < 1.29 is 0 Å². The van der Waals surface area contributed by atoms with Crippen LogP contribution in [0.4, 0.5) is 11.5 Å². The molecule has 0 bridgehead atoms. The Labute approximate surface area is 104 Å². The number of aromatic nitrogens is 4. The summed E-state index contributed by atoms with van der Waals surface area (Å²) in [5.74, 6) is 0.796. The highest BCUT2D eigenvalue weighted by molar-refractivity contribution is 5.92. The highest BCUT2D eigenvalue weighted by Gasteiger charge is 2.08. The number of rotatable bonds is 2. The number of aromatic amines is 1. The maximum atomic E-state index is 4.36. The molecule has 0 aliphatic carbocycles. The van der Waals surface area contributed by atoms with Gasteiger partial charge in [0.15, 0.2) is 0 Å². The van der Waals surface area contributed by atoms with E-state index < -0.39 is 0 Å². The molecule has 3 aromatic heterocycles. The van der Waals surface area contributed by atoms with Gasteiger partial charge in [-0.15, -0.1) is 0 Å². The van der Waals surface area contributed by atoms with Crippen molar-refractivity contribution in [3.63, 3.8) is 0 Å². The third-order valence-electron chi connectivity index (χ3n) is 2.83. The number of pyridine rings is 2. The molecule has 0 aliphatic heterocycles. The first-order valence-electron chi connectivity index (χ1n) is 5.73. The summed E-state index contributed by atoms with van der Waals surface area (Å²) in [6.45, 7) is 3.92. The highest BCUT2D eigenvalue weighted by Crippen LogP contribution is 2.24. The second-order valence-corrected chi connectivity index (χ2v) is 4.20. The van der Waals surface area contributed by atoms with Crippen LogP contribution in [0.3, 0.4) is 0 Å². The fraction of sp³-hybridized carbons (Fsp3) is 0.154. The van der Waals surface area contributed by atoms with Crippen LogP contribution in [-0.4, -0.2) is 20.2 Å². The molecular formula is C13H13N5. The van der Waals surface area contributed by atoms with Gasteiger partial charge < -0.3 is 5.32 Å². The normalized spacial score (nSPS) is 10.8. The van der Waals surface area contributed by atoms with E-state index in [4.69, 9.17) is 0 Å². The Hall–Kier alpha value is -2.43. The quantitative estimate of drug-likeness (QED) is 0.721. The SMILES string of the molecule is Cc1ccc(Nc2nccc3[nH]nc(C)c23)cn1. The van der Waals surface area contributed by atoms with Gasteiger partial charge >= 0.3 is 0 Å². The first kappa shape index (κ1) is 10.7. The van der Waals surface area contributed by atoms with Crippen molar-refractivity contribution >= 4 is 22.4 Å². The second kappa shape index (κ2) is 4.10. The van der Waals surface area contributed by atoms with Crippen LogP contribution >= 0.6 is 0 Å². The third-order valence-corrected chi connectivity index (χ3v) is 2.83. The summed E-state index contributed by atoms with van der Waals surface area (Å²) in [7, 11) is 0. The lowest BCUT2D eigenvalue weighted by atomic mass is 10.2. The van der Waals surface area contributed by atoms with Gasteiger partial charge in [-0.2, -0.15) is 5.10 Å². The average Bonchev–Trinajstić information content (AvgIpc) is 2.75. The number of hydrogen-bond donors (Lipinski definition) is 2. The van der Waals surface area contributed by atoms with Gasteiger partial charge in [0, 0.05) is 11.9 Å². The van der Waals surface area contributed by atoms with E-state index in [1.807, 2.05) is 32.0 Å². The fourth-order valence-corrected chi connectivity index (χ4v) is 1.89. The molecule has 3 rings (SSSR count). The Morgan fingerprint density at radius 2 is 2.00 bits per heavy atom. The predicted octanol–water partition coefficient (Wildman–Crippen LogP) is 2.71. The van der Waals surface area contributed by atoms with E-state index in [0.29, 0.717) is 0 Å². The molecule has 0 atom stereocenters. The van der Waals surface area contributed by atoms with Crippen molar-refractivity contribution in [1.82, 2.24) is 20.2 Å². The van der Waals surface area contributed by atoms with Crippen molar-refractivity contribution in [2.45, 2.75) is 13.8 Å². The van der Waals surface area contributed by atoms with E-state index in [1.165, 1.54) is 0 Å². The molecule has 2 N–H and O–H groups in total. The number of hydrogen-bond acceptors (Lipinski definition) is 4. The maximum absolute atomic E-state index is 4.36. The van der Waals surface area contributed by atoms with Gasteiger partial charge in [0.25, 0.3) is 0 Å². The number of fused-ring (bicyclic) bond motifs is 1. The first-order valence-corrected chi connectivity index (χ1v) is 5.73. The summed E-state index contributed by atoms with van der Waals surface area (Å²) in [6, 6.07) is 5.86. The first-order chi connectivity index (χ1) is 8.74. The molecule has 0 aromatic carbocycles. The predicted molar refractivity (Wildman–Crippen MR) is 70.9 cm³/mol. The summed E-state index contributed by atoms with van der Waals surface area (Å²) in [5, 5.41) is 11.4. The van der Waals surface area contributed by atoms with Crippen molar-refractivity contribution in [2.24, 2.45) is 0 Å². The van der Waals surface area contributed by atoms with Crippen LogP contribution in [0.15, 0.2) is 30.6 Å². The van der Waals surface area contributed by atoms with Crippen LogP contribution in [0.25, 0.3) is 10.9 Å². The minimum absolute atomic E-state index is 0.796. The molecule has 0 aliphatic rings. The molecule has 0 spiro atoms. The van der Waals surface area contributed by atoms with Gasteiger partial charge in [-0.1, -0.05) is 0 Å². The van der Waals surface area contributed by atoms with Crippen LogP contribution in [0.2, 0.25) is 0 Å². The van der Waals surface area contributed by atoms with Gasteiger partial charge in [-0.05, 0) is 32.0 Å². The number of nitrogens with one attached hydrogen (secondary N) is 2. The molecule has 0 amide bonds. The van der Waals surface area contributed by atoms with E-state index in [0.717, 1.165) is 33.8 Å². The Morgan fingerprint density at radius 1 is 1.11 bits per heavy atom. The van der Waals surface area contributed by atoms with Crippen molar-refractivity contribution in [3.8, 4) is 0 Å². The summed E-state index contributed by atoms with van der Waals surface area (Å²) in [5.41, 5.74) is 3.82. The Balaban J connectivity index is 2.04. The minimum atomic E-state index is 0.796. The molecule has 18 heavy (non-hydrogen) atoms. The smallest absolute Gasteiger partial charge is 0.141 e. The molecule has 5 heteroatoms. The summed E-state index contributed by atoms with van der Waals surface area (Å²) in [4.78, 5) is 8.61. The number of anilines is 2. The van der Waals surface area contributed by atoms with E-state index in [2.05, 4.69) is 25.5 Å². The van der Waals surface area contributed by atoms with Gasteiger partial charge in [-0.25, -0.2) is 4.98 Å². The van der Waals surface area contributed by atoms with Crippen LogP contribution in [0.5, 0.6) is 0 Å². The lowest BCUT2D eigenvalue weighted by Gasteiger charge is -2.06. The average molecular weight is 239 g/mol. The highest BCUT2D eigenvalue weighted by atomic mass is 15.1. The molecule has 3 aromatic rings. The molecule has 0 saturated heterocycles. The zero-order valence-electron chi connectivity index (χ0n) is 10.2. The molecule has 0 fully saturated rings. The van der Waals surface area contributed by atoms with Gasteiger partial charge in [0.1, 0.15) is 5.82 Å². The standard InChI is InChI=1S/C13H13N5/c1-8-3-4-10(7-15-8)16-13-12-9(2)17-18-11(12)5-6-14-13/h3-7H,1-2H3,(H,14,16)(H,17,18). The molecular weight excluding hydrogens is 226 g/mol.